The number of methoxy groups -OCH3 is 1. The minimum Gasteiger partial charge on any atom is -0.497 e. The molecule has 27 heavy (non-hydrogen) atoms. The Morgan fingerprint density at radius 1 is 1.15 bits per heavy atom. The van der Waals surface area contributed by atoms with E-state index in [4.69, 9.17) is 4.74 Å². The molecule has 0 aliphatic carbocycles. The van der Waals surface area contributed by atoms with Crippen LogP contribution in [0.2, 0.25) is 0 Å². The summed E-state index contributed by atoms with van der Waals surface area (Å²) in [7, 11) is 1.55. The normalized spacial score (nSPS) is 16.2. The highest BCUT2D eigenvalue weighted by Gasteiger charge is 2.37. The summed E-state index contributed by atoms with van der Waals surface area (Å²) in [4.78, 5) is 37.9. The Balaban J connectivity index is 1.52. The van der Waals surface area contributed by atoms with Crippen LogP contribution in [-0.4, -0.2) is 35.9 Å². The molecule has 3 rings (SSSR count). The van der Waals surface area contributed by atoms with E-state index in [-0.39, 0.29) is 31.2 Å². The van der Waals surface area contributed by atoms with Crippen molar-refractivity contribution in [2.24, 2.45) is 0 Å². The summed E-state index contributed by atoms with van der Waals surface area (Å²) in [5.74, 6) is 0.104. The zero-order chi connectivity index (χ0) is 19.2. The van der Waals surface area contributed by atoms with E-state index in [0.717, 1.165) is 5.56 Å². The summed E-state index contributed by atoms with van der Waals surface area (Å²) in [5.41, 5.74) is 1.49. The first-order valence-electron chi connectivity index (χ1n) is 8.66. The van der Waals surface area contributed by atoms with E-state index in [0.29, 0.717) is 11.4 Å². The number of benzene rings is 2. The highest BCUT2D eigenvalue weighted by molar-refractivity contribution is 6.04. The predicted molar refractivity (Wildman–Crippen MR) is 100 cm³/mol. The Morgan fingerprint density at radius 2 is 1.93 bits per heavy atom. The molecule has 7 nitrogen and oxygen atoms in total. The first-order valence-corrected chi connectivity index (χ1v) is 8.66. The fourth-order valence-corrected chi connectivity index (χ4v) is 2.89. The lowest BCUT2D eigenvalue weighted by Gasteiger charge is -2.13. The summed E-state index contributed by atoms with van der Waals surface area (Å²) < 4.78 is 5.12. The Labute approximate surface area is 157 Å². The Morgan fingerprint density at radius 3 is 2.67 bits per heavy atom. The number of nitrogens with zero attached hydrogens (tertiary/aromatic N) is 1. The van der Waals surface area contributed by atoms with Gasteiger partial charge < -0.3 is 15.4 Å². The summed E-state index contributed by atoms with van der Waals surface area (Å²) in [5, 5.41) is 5.41. The van der Waals surface area contributed by atoms with Crippen LogP contribution in [0.3, 0.4) is 0 Å². The lowest BCUT2D eigenvalue weighted by molar-refractivity contribution is -0.128. The largest absolute Gasteiger partial charge is 0.497 e. The van der Waals surface area contributed by atoms with Gasteiger partial charge in [-0.2, -0.15) is 0 Å². The van der Waals surface area contributed by atoms with Crippen molar-refractivity contribution < 1.29 is 19.1 Å². The van der Waals surface area contributed by atoms with Gasteiger partial charge in [0.2, 0.25) is 5.91 Å². The number of ether oxygens (including phenoxy) is 1. The second-order valence-electron chi connectivity index (χ2n) is 6.23. The maximum Gasteiger partial charge on any atom is 0.325 e. The zero-order valence-electron chi connectivity index (χ0n) is 15.0. The molecule has 1 saturated heterocycles. The Hall–Kier alpha value is -3.35. The molecule has 1 atom stereocenters. The number of imide groups is 1. The van der Waals surface area contributed by atoms with Crippen LogP contribution in [-0.2, 0) is 16.1 Å². The Kier molecular flexibility index (Phi) is 5.71. The summed E-state index contributed by atoms with van der Waals surface area (Å²) in [6.07, 6.45) is 0.360. The monoisotopic (exact) mass is 367 g/mol. The van der Waals surface area contributed by atoms with Crippen molar-refractivity contribution in [1.82, 2.24) is 10.2 Å². The molecule has 2 aromatic carbocycles. The van der Waals surface area contributed by atoms with E-state index in [2.05, 4.69) is 10.6 Å². The summed E-state index contributed by atoms with van der Waals surface area (Å²) in [6, 6.07) is 15.2. The molecule has 4 amide bonds. The van der Waals surface area contributed by atoms with Gasteiger partial charge in [0, 0.05) is 18.2 Å². The van der Waals surface area contributed by atoms with Crippen molar-refractivity contribution in [2.75, 3.05) is 12.4 Å². The van der Waals surface area contributed by atoms with Gasteiger partial charge in [0.1, 0.15) is 11.8 Å². The molecule has 0 radical (unpaired) electrons. The van der Waals surface area contributed by atoms with Gasteiger partial charge in [0.05, 0.1) is 13.7 Å². The standard InChI is InChI=1S/C20H21N3O4/c1-27-16-9-5-8-15(12-16)21-18(24)11-10-17-19(25)23(20(26)22-17)13-14-6-3-2-4-7-14/h2-9,12,17H,10-11,13H2,1H3,(H,21,24)(H,22,26)/t17-/m0/s1. The van der Waals surface area contributed by atoms with E-state index in [1.807, 2.05) is 30.3 Å². The topological polar surface area (TPSA) is 87.7 Å². The molecular weight excluding hydrogens is 346 g/mol. The summed E-state index contributed by atoms with van der Waals surface area (Å²) >= 11 is 0. The number of anilines is 1. The molecule has 0 saturated carbocycles. The SMILES string of the molecule is COc1cccc(NC(=O)CC[C@@H]2NC(=O)N(Cc3ccccc3)C2=O)c1. The van der Waals surface area contributed by atoms with Crippen LogP contribution in [0.1, 0.15) is 18.4 Å². The second kappa shape index (κ2) is 8.35. The van der Waals surface area contributed by atoms with Gasteiger partial charge in [-0.1, -0.05) is 36.4 Å². The molecular formula is C20H21N3O4. The van der Waals surface area contributed by atoms with Gasteiger partial charge in [-0.15, -0.1) is 0 Å². The van der Waals surface area contributed by atoms with Gasteiger partial charge >= 0.3 is 6.03 Å². The third kappa shape index (κ3) is 4.63. The van der Waals surface area contributed by atoms with Crippen molar-refractivity contribution in [1.29, 1.82) is 0 Å². The molecule has 2 aromatic rings. The molecule has 1 heterocycles. The lowest BCUT2D eigenvalue weighted by atomic mass is 10.1. The van der Waals surface area contributed by atoms with Crippen LogP contribution in [0.15, 0.2) is 54.6 Å². The van der Waals surface area contributed by atoms with Crippen molar-refractivity contribution in [3.8, 4) is 5.75 Å². The number of amides is 4. The average molecular weight is 367 g/mol. The minimum absolute atomic E-state index is 0.118. The van der Waals surface area contributed by atoms with Crippen LogP contribution < -0.4 is 15.4 Å². The third-order valence-corrected chi connectivity index (χ3v) is 4.30. The van der Waals surface area contributed by atoms with E-state index < -0.39 is 12.1 Å². The van der Waals surface area contributed by atoms with Crippen LogP contribution in [0, 0.1) is 0 Å². The molecule has 0 aromatic heterocycles. The maximum absolute atomic E-state index is 12.5. The lowest BCUT2D eigenvalue weighted by Crippen LogP contribution is -2.31. The molecule has 2 N–H and O–H groups in total. The van der Waals surface area contributed by atoms with Gasteiger partial charge in [-0.25, -0.2) is 4.79 Å². The molecule has 7 heteroatoms. The van der Waals surface area contributed by atoms with Crippen molar-refractivity contribution in [3.63, 3.8) is 0 Å². The average Bonchev–Trinajstić information content (AvgIpc) is 2.95. The number of hydrogen-bond acceptors (Lipinski definition) is 4. The fraction of sp³-hybridized carbons (Fsp3) is 0.250. The van der Waals surface area contributed by atoms with Crippen LogP contribution in [0.25, 0.3) is 0 Å². The molecule has 1 aliphatic rings. The van der Waals surface area contributed by atoms with Crippen molar-refractivity contribution >= 4 is 23.5 Å². The number of carbonyl (C=O) groups is 3. The van der Waals surface area contributed by atoms with E-state index in [1.165, 1.54) is 4.90 Å². The van der Waals surface area contributed by atoms with E-state index in [1.54, 1.807) is 31.4 Å². The molecule has 1 aliphatic heterocycles. The molecule has 0 spiro atoms. The van der Waals surface area contributed by atoms with Gasteiger partial charge in [0.15, 0.2) is 0 Å². The highest BCUT2D eigenvalue weighted by atomic mass is 16.5. The Bertz CT molecular complexity index is 838. The highest BCUT2D eigenvalue weighted by Crippen LogP contribution is 2.18. The number of hydrogen-bond donors (Lipinski definition) is 2. The maximum atomic E-state index is 12.5. The van der Waals surface area contributed by atoms with Gasteiger partial charge in [-0.3, -0.25) is 14.5 Å². The van der Waals surface area contributed by atoms with E-state index >= 15 is 0 Å². The van der Waals surface area contributed by atoms with Crippen molar-refractivity contribution in [3.05, 3.63) is 60.2 Å². The molecule has 1 fully saturated rings. The number of rotatable bonds is 7. The fourth-order valence-electron chi connectivity index (χ4n) is 2.89. The van der Waals surface area contributed by atoms with Gasteiger partial charge in [0.25, 0.3) is 5.91 Å². The third-order valence-electron chi connectivity index (χ3n) is 4.30. The van der Waals surface area contributed by atoms with Crippen LogP contribution in [0.4, 0.5) is 10.5 Å². The van der Waals surface area contributed by atoms with Crippen molar-refractivity contribution in [2.45, 2.75) is 25.4 Å². The number of urea groups is 1. The smallest absolute Gasteiger partial charge is 0.325 e. The van der Waals surface area contributed by atoms with Gasteiger partial charge in [-0.05, 0) is 24.1 Å². The number of carbonyl (C=O) groups excluding carboxylic acids is 3. The van der Waals surface area contributed by atoms with Crippen LogP contribution >= 0.6 is 0 Å². The minimum atomic E-state index is -0.683. The first kappa shape index (κ1) is 18.4. The molecule has 0 bridgehead atoms. The van der Waals surface area contributed by atoms with E-state index in [9.17, 15) is 14.4 Å². The number of nitrogens with one attached hydrogen (secondary N) is 2. The molecule has 140 valence electrons. The zero-order valence-corrected chi connectivity index (χ0v) is 15.0. The molecule has 0 unspecified atom stereocenters. The second-order valence-corrected chi connectivity index (χ2v) is 6.23. The predicted octanol–water partition coefficient (Wildman–Crippen LogP) is 2.53. The first-order chi connectivity index (χ1) is 13.1. The summed E-state index contributed by atoms with van der Waals surface area (Å²) in [6.45, 7) is 0.220. The quantitative estimate of drug-likeness (QED) is 0.736. The van der Waals surface area contributed by atoms with Crippen LogP contribution in [0.5, 0.6) is 5.75 Å².